The highest BCUT2D eigenvalue weighted by Gasteiger charge is 2.40. The molecule has 0 spiro atoms. The molecule has 4 aromatic carbocycles. The summed E-state index contributed by atoms with van der Waals surface area (Å²) in [7, 11) is -16.7. The summed E-state index contributed by atoms with van der Waals surface area (Å²) < 4.78 is 98.6. The first-order valence-electron chi connectivity index (χ1n) is 15.2. The Morgan fingerprint density at radius 1 is 0.556 bits per heavy atom. The highest BCUT2D eigenvalue weighted by Crippen LogP contribution is 2.29. The molecule has 4 aromatic rings. The van der Waals surface area contributed by atoms with Gasteiger partial charge in [-0.3, -0.25) is 9.59 Å². The standard InChI is InChI=1S/C17H19NO6S3.C14H12O4S2.C3H7NO2S/c18-15(17(19)20)11-25-12-16(26(21,22)13-7-3-1-4-8-13)27(23,24)14-9-5-2-6-10-14;1-12(19(15,16)13-8-4-2-5-9-13)20(17,18)14-10-6-3-7-11-14;4-2(1-7)3(5)6/h1-10,15-16H,11-12,18H2,(H,19,20);2-11H,1H2;2,7H,1,4H2,(H,5,6). The van der Waals surface area contributed by atoms with Crippen LogP contribution in [0, 0.1) is 0 Å². The molecule has 0 fully saturated rings. The maximum Gasteiger partial charge on any atom is 0.321 e. The maximum absolute atomic E-state index is 13.0. The lowest BCUT2D eigenvalue weighted by Gasteiger charge is -2.19. The summed E-state index contributed by atoms with van der Waals surface area (Å²) in [6.45, 7) is 3.27. The molecule has 6 N–H and O–H groups in total. The second-order valence-corrected chi connectivity index (χ2v) is 21.0. The van der Waals surface area contributed by atoms with E-state index in [0.717, 1.165) is 11.8 Å². The first kappa shape index (κ1) is 46.1. The molecule has 54 heavy (non-hydrogen) atoms. The first-order chi connectivity index (χ1) is 25.2. The van der Waals surface area contributed by atoms with E-state index >= 15 is 0 Å². The zero-order chi connectivity index (χ0) is 40.7. The normalized spacial score (nSPS) is 12.9. The number of benzene rings is 4. The van der Waals surface area contributed by atoms with Crippen LogP contribution in [0.25, 0.3) is 0 Å². The zero-order valence-electron chi connectivity index (χ0n) is 28.2. The van der Waals surface area contributed by atoms with Crippen LogP contribution in [0.3, 0.4) is 0 Å². The lowest BCUT2D eigenvalue weighted by atomic mass is 10.4. The number of rotatable bonds is 15. The average Bonchev–Trinajstić information content (AvgIpc) is 3.17. The van der Waals surface area contributed by atoms with Crippen LogP contribution in [0.15, 0.2) is 152 Å². The van der Waals surface area contributed by atoms with Crippen LogP contribution in [0.4, 0.5) is 0 Å². The maximum atomic E-state index is 13.0. The Morgan fingerprint density at radius 3 is 1.11 bits per heavy atom. The third-order valence-corrected chi connectivity index (χ3v) is 18.3. The summed E-state index contributed by atoms with van der Waals surface area (Å²) in [5.41, 5.74) is 10.4. The van der Waals surface area contributed by atoms with E-state index in [0.29, 0.717) is 0 Å². The van der Waals surface area contributed by atoms with E-state index in [9.17, 15) is 43.3 Å². The molecular formula is C34H38N2O12S6. The minimum absolute atomic E-state index is 0.0930. The van der Waals surface area contributed by atoms with Crippen molar-refractivity contribution in [1.82, 2.24) is 0 Å². The fourth-order valence-electron chi connectivity index (χ4n) is 3.92. The van der Waals surface area contributed by atoms with Gasteiger partial charge in [0.05, 0.1) is 19.6 Å². The molecule has 0 aromatic heterocycles. The molecule has 14 nitrogen and oxygen atoms in total. The van der Waals surface area contributed by atoms with Crippen LogP contribution in [-0.2, 0) is 48.9 Å². The van der Waals surface area contributed by atoms with Crippen LogP contribution in [0.1, 0.15) is 0 Å². The Balaban J connectivity index is 0.000000327. The molecule has 0 amide bonds. The van der Waals surface area contributed by atoms with E-state index in [1.807, 2.05) is 0 Å². The van der Waals surface area contributed by atoms with E-state index in [1.165, 1.54) is 97.1 Å². The molecular weight excluding hydrogens is 821 g/mol. The van der Waals surface area contributed by atoms with Crippen LogP contribution >= 0.6 is 24.4 Å². The Morgan fingerprint density at radius 2 is 0.852 bits per heavy atom. The molecule has 0 aliphatic carbocycles. The molecule has 0 aliphatic heterocycles. The molecule has 0 bridgehead atoms. The minimum Gasteiger partial charge on any atom is -0.480 e. The highest BCUT2D eigenvalue weighted by molar-refractivity contribution is 8.14. The number of hydrogen-bond acceptors (Lipinski definition) is 14. The van der Waals surface area contributed by atoms with Crippen LogP contribution in [-0.4, -0.2) is 89.7 Å². The van der Waals surface area contributed by atoms with Gasteiger partial charge in [-0.1, -0.05) is 79.4 Å². The molecule has 0 aliphatic rings. The molecule has 0 saturated carbocycles. The summed E-state index contributed by atoms with van der Waals surface area (Å²) in [4.78, 5) is 20.2. The first-order valence-corrected chi connectivity index (χ1v) is 23.1. The van der Waals surface area contributed by atoms with E-state index in [2.05, 4.69) is 19.2 Å². The fourth-order valence-corrected chi connectivity index (χ4v) is 13.8. The Labute approximate surface area is 324 Å². The molecule has 2 atom stereocenters. The summed E-state index contributed by atoms with van der Waals surface area (Å²) in [5.74, 6) is -2.50. The van der Waals surface area contributed by atoms with Gasteiger partial charge >= 0.3 is 11.9 Å². The van der Waals surface area contributed by atoms with Gasteiger partial charge < -0.3 is 21.7 Å². The van der Waals surface area contributed by atoms with Crippen molar-refractivity contribution >= 4 is 75.7 Å². The van der Waals surface area contributed by atoms with E-state index < -0.39 is 72.2 Å². The topological polar surface area (TPSA) is 263 Å². The van der Waals surface area contributed by atoms with Gasteiger partial charge in [-0.05, 0) is 48.5 Å². The van der Waals surface area contributed by atoms with E-state index in [-0.39, 0.29) is 36.8 Å². The number of sulfone groups is 4. The molecule has 0 heterocycles. The Bertz CT molecular complexity index is 2150. The second-order valence-electron chi connectivity index (χ2n) is 10.8. The van der Waals surface area contributed by atoms with Crippen molar-refractivity contribution in [2.24, 2.45) is 11.5 Å². The Hall–Kier alpha value is -4.02. The molecule has 0 radical (unpaired) electrons. The minimum atomic E-state index is -4.22. The van der Waals surface area contributed by atoms with Gasteiger partial charge in [-0.25, -0.2) is 33.7 Å². The molecule has 20 heteroatoms. The number of carboxylic acids is 2. The van der Waals surface area contributed by atoms with Crippen molar-refractivity contribution in [3.8, 4) is 0 Å². The van der Waals surface area contributed by atoms with Gasteiger partial charge in [0.15, 0.2) is 28.5 Å². The third kappa shape index (κ3) is 12.5. The smallest absolute Gasteiger partial charge is 0.321 e. The van der Waals surface area contributed by atoms with E-state index in [4.69, 9.17) is 21.7 Å². The van der Waals surface area contributed by atoms with Gasteiger partial charge in [-0.2, -0.15) is 24.4 Å². The predicted molar refractivity (Wildman–Crippen MR) is 210 cm³/mol. The highest BCUT2D eigenvalue weighted by atomic mass is 32.3. The SMILES string of the molecule is C=C(S(=O)(=O)c1ccccc1)S(=O)(=O)c1ccccc1.NC(CS)C(=O)O.NC(CSCC(S(=O)(=O)c1ccccc1)S(=O)(=O)c1ccccc1)C(=O)O. The second kappa shape index (κ2) is 20.6. The average molecular weight is 859 g/mol. The van der Waals surface area contributed by atoms with Gasteiger partial charge in [0.2, 0.25) is 19.7 Å². The number of nitrogens with two attached hydrogens (primary N) is 2. The van der Waals surface area contributed by atoms with Crippen molar-refractivity contribution < 1.29 is 53.5 Å². The predicted octanol–water partition coefficient (Wildman–Crippen LogP) is 3.14. The van der Waals surface area contributed by atoms with Crippen LogP contribution < -0.4 is 11.5 Å². The molecule has 4 rings (SSSR count). The largest absolute Gasteiger partial charge is 0.480 e. The fraction of sp³-hybridized carbons (Fsp3) is 0.176. The number of thioether (sulfide) groups is 1. The number of carbonyl (C=O) groups is 2. The van der Waals surface area contributed by atoms with Crippen LogP contribution in [0.5, 0.6) is 0 Å². The number of aliphatic carboxylic acids is 2. The van der Waals surface area contributed by atoms with Crippen molar-refractivity contribution in [2.45, 2.75) is 36.2 Å². The van der Waals surface area contributed by atoms with Gasteiger partial charge in [0.1, 0.15) is 12.1 Å². The Kier molecular flexibility index (Phi) is 17.6. The van der Waals surface area contributed by atoms with Crippen molar-refractivity contribution in [2.75, 3.05) is 17.3 Å². The monoisotopic (exact) mass is 858 g/mol. The van der Waals surface area contributed by atoms with Crippen molar-refractivity contribution in [3.63, 3.8) is 0 Å². The summed E-state index contributed by atoms with van der Waals surface area (Å²) in [5, 5.41) is 16.9. The lowest BCUT2D eigenvalue weighted by molar-refractivity contribution is -0.138. The summed E-state index contributed by atoms with van der Waals surface area (Å²) in [6.07, 6.45) is 0. The van der Waals surface area contributed by atoms with Crippen molar-refractivity contribution in [1.29, 1.82) is 0 Å². The summed E-state index contributed by atoms with van der Waals surface area (Å²) >= 11 is 4.53. The van der Waals surface area contributed by atoms with Crippen LogP contribution in [0.2, 0.25) is 0 Å². The quantitative estimate of drug-likeness (QED) is 0.108. The third-order valence-electron chi connectivity index (χ3n) is 6.92. The number of thiol groups is 1. The van der Waals surface area contributed by atoms with Crippen molar-refractivity contribution in [3.05, 3.63) is 132 Å². The summed E-state index contributed by atoms with van der Waals surface area (Å²) in [6, 6.07) is 27.3. The van der Waals surface area contributed by atoms with E-state index in [1.54, 1.807) is 24.3 Å². The lowest BCUT2D eigenvalue weighted by Crippen LogP contribution is -2.36. The molecule has 292 valence electrons. The van der Waals surface area contributed by atoms with Gasteiger partial charge in [-0.15, -0.1) is 0 Å². The molecule has 2 unspecified atom stereocenters. The zero-order valence-corrected chi connectivity index (χ0v) is 33.2. The van der Waals surface area contributed by atoms with Gasteiger partial charge in [0, 0.05) is 17.3 Å². The number of carboxylic acid groups (broad SMARTS) is 2. The number of hydrogen-bond donors (Lipinski definition) is 5. The molecule has 0 saturated heterocycles. The van der Waals surface area contributed by atoms with Gasteiger partial charge in [0.25, 0.3) is 0 Å².